The van der Waals surface area contributed by atoms with Gasteiger partial charge in [-0.15, -0.1) is 0 Å². The zero-order chi connectivity index (χ0) is 23.8. The highest BCUT2D eigenvalue weighted by Gasteiger charge is 2.79. The van der Waals surface area contributed by atoms with Crippen molar-refractivity contribution in [2.24, 2.45) is 17.8 Å². The maximum Gasteiger partial charge on any atom is 0.246 e. The number of amides is 3. The molecule has 0 saturated carbocycles. The van der Waals surface area contributed by atoms with Crippen molar-refractivity contribution in [2.45, 2.75) is 63.3 Å². The molecule has 1 spiro atoms. The summed E-state index contributed by atoms with van der Waals surface area (Å²) < 4.78 is 6.61. The molecule has 6 atom stereocenters. The van der Waals surface area contributed by atoms with E-state index in [1.807, 2.05) is 44.2 Å². The standard InChI is InChI=1S/C25H35N3O5/c1-16-14-25-19(18(21(30)26-3)24(16,2)33-25)23(32)28(12-8-5-9-13-29)20(25)22(31)27-15-17-10-6-4-7-11-17/h4,6-7,10-11,16,18-20,29H,5,8-9,12-15H2,1-3H3,(H,26,30)(H,27,31)/t16?,18-,19-,20?,24+,25?/m0/s1. The molecule has 3 aliphatic rings. The third-order valence-electron chi connectivity index (χ3n) is 7.96. The van der Waals surface area contributed by atoms with Crippen LogP contribution >= 0.6 is 0 Å². The number of nitrogens with zero attached hydrogens (tertiary/aromatic N) is 1. The maximum atomic E-state index is 13.7. The molecular formula is C25H35N3O5. The first-order valence-corrected chi connectivity index (χ1v) is 11.9. The quantitative estimate of drug-likeness (QED) is 0.484. The molecule has 0 radical (unpaired) electrons. The summed E-state index contributed by atoms with van der Waals surface area (Å²) in [4.78, 5) is 41.9. The summed E-state index contributed by atoms with van der Waals surface area (Å²) in [5, 5.41) is 14.8. The zero-order valence-electron chi connectivity index (χ0n) is 19.7. The number of ether oxygens (including phenoxy) is 1. The van der Waals surface area contributed by atoms with Crippen molar-refractivity contribution >= 4 is 17.7 Å². The Morgan fingerprint density at radius 3 is 2.58 bits per heavy atom. The lowest BCUT2D eigenvalue weighted by Crippen LogP contribution is -2.55. The maximum absolute atomic E-state index is 13.7. The van der Waals surface area contributed by atoms with Crippen LogP contribution < -0.4 is 10.6 Å². The average molecular weight is 458 g/mol. The number of aliphatic hydroxyl groups is 1. The summed E-state index contributed by atoms with van der Waals surface area (Å²) in [5.41, 5.74) is -0.833. The molecule has 33 heavy (non-hydrogen) atoms. The van der Waals surface area contributed by atoms with E-state index in [4.69, 9.17) is 9.84 Å². The molecule has 3 amide bonds. The van der Waals surface area contributed by atoms with Crippen molar-refractivity contribution in [2.75, 3.05) is 20.2 Å². The van der Waals surface area contributed by atoms with Crippen molar-refractivity contribution in [3.05, 3.63) is 35.9 Å². The van der Waals surface area contributed by atoms with Crippen molar-refractivity contribution in [3.63, 3.8) is 0 Å². The van der Waals surface area contributed by atoms with E-state index < -0.39 is 29.1 Å². The number of unbranched alkanes of at least 4 members (excludes halogenated alkanes) is 2. The molecule has 4 rings (SSSR count). The Kier molecular flexibility index (Phi) is 6.51. The fourth-order valence-corrected chi connectivity index (χ4v) is 6.29. The van der Waals surface area contributed by atoms with E-state index in [1.54, 1.807) is 11.9 Å². The Balaban J connectivity index is 1.65. The molecule has 3 aliphatic heterocycles. The van der Waals surface area contributed by atoms with E-state index in [-0.39, 0.29) is 30.2 Å². The van der Waals surface area contributed by atoms with Crippen LogP contribution in [0.5, 0.6) is 0 Å². The van der Waals surface area contributed by atoms with Crippen LogP contribution in [0.2, 0.25) is 0 Å². The monoisotopic (exact) mass is 457 g/mol. The summed E-state index contributed by atoms with van der Waals surface area (Å²) in [5.74, 6) is -1.92. The molecule has 180 valence electrons. The van der Waals surface area contributed by atoms with Gasteiger partial charge in [-0.05, 0) is 44.1 Å². The molecule has 0 aromatic heterocycles. The second kappa shape index (κ2) is 9.06. The number of aliphatic hydroxyl groups excluding tert-OH is 1. The van der Waals surface area contributed by atoms with Crippen molar-refractivity contribution < 1.29 is 24.2 Å². The molecule has 0 aliphatic carbocycles. The lowest BCUT2D eigenvalue weighted by atomic mass is 9.62. The van der Waals surface area contributed by atoms with Crippen LogP contribution in [0, 0.1) is 17.8 Å². The summed E-state index contributed by atoms with van der Waals surface area (Å²) in [7, 11) is 1.57. The van der Waals surface area contributed by atoms with Gasteiger partial charge < -0.3 is 25.4 Å². The van der Waals surface area contributed by atoms with Gasteiger partial charge in [-0.1, -0.05) is 37.3 Å². The summed E-state index contributed by atoms with van der Waals surface area (Å²) in [6, 6.07) is 8.85. The highest BCUT2D eigenvalue weighted by atomic mass is 16.5. The van der Waals surface area contributed by atoms with Gasteiger partial charge in [0, 0.05) is 26.7 Å². The SMILES string of the molecule is CNC(=O)[C@@H]1[C@H]2C(=O)N(CCCCCO)C(C(=O)NCc3ccccc3)C23CC(C)[C@@]1(C)O3. The number of hydrogen-bond acceptors (Lipinski definition) is 5. The lowest BCUT2D eigenvalue weighted by molar-refractivity contribution is -0.147. The Bertz CT molecular complexity index is 909. The number of fused-ring (bicyclic) bond motifs is 1. The van der Waals surface area contributed by atoms with E-state index in [0.717, 1.165) is 12.0 Å². The van der Waals surface area contributed by atoms with Gasteiger partial charge >= 0.3 is 0 Å². The first-order chi connectivity index (χ1) is 15.8. The highest BCUT2D eigenvalue weighted by Crippen LogP contribution is 2.65. The van der Waals surface area contributed by atoms with Gasteiger partial charge in [0.05, 0.1) is 17.4 Å². The molecular weight excluding hydrogens is 422 g/mol. The molecule has 1 aromatic carbocycles. The van der Waals surface area contributed by atoms with E-state index in [2.05, 4.69) is 10.6 Å². The number of nitrogens with one attached hydrogen (secondary N) is 2. The van der Waals surface area contributed by atoms with Crippen LogP contribution in [-0.2, 0) is 25.7 Å². The number of rotatable bonds is 9. The Hall–Kier alpha value is -2.45. The predicted octanol–water partition coefficient (Wildman–Crippen LogP) is 1.22. The number of carbonyl (C=O) groups is 3. The number of hydrogen-bond donors (Lipinski definition) is 3. The Labute approximate surface area is 195 Å². The van der Waals surface area contributed by atoms with Crippen LogP contribution in [0.15, 0.2) is 30.3 Å². The predicted molar refractivity (Wildman–Crippen MR) is 122 cm³/mol. The van der Waals surface area contributed by atoms with E-state index >= 15 is 0 Å². The fourth-order valence-electron chi connectivity index (χ4n) is 6.29. The molecule has 3 heterocycles. The smallest absolute Gasteiger partial charge is 0.246 e. The molecule has 3 fully saturated rings. The Morgan fingerprint density at radius 1 is 1.18 bits per heavy atom. The van der Waals surface area contributed by atoms with Gasteiger partial charge in [-0.25, -0.2) is 0 Å². The second-order valence-electron chi connectivity index (χ2n) is 9.84. The molecule has 3 N–H and O–H groups in total. The molecule has 3 saturated heterocycles. The van der Waals surface area contributed by atoms with Crippen LogP contribution in [0.4, 0.5) is 0 Å². The first-order valence-electron chi connectivity index (χ1n) is 11.9. The van der Waals surface area contributed by atoms with Crippen LogP contribution in [0.25, 0.3) is 0 Å². The van der Waals surface area contributed by atoms with Gasteiger partial charge in [-0.3, -0.25) is 14.4 Å². The lowest BCUT2D eigenvalue weighted by Gasteiger charge is -2.36. The molecule has 8 nitrogen and oxygen atoms in total. The van der Waals surface area contributed by atoms with Gasteiger partial charge in [0.25, 0.3) is 0 Å². The van der Waals surface area contributed by atoms with Crippen molar-refractivity contribution in [1.29, 1.82) is 0 Å². The normalized spacial score (nSPS) is 34.4. The average Bonchev–Trinajstić information content (AvgIpc) is 3.32. The minimum absolute atomic E-state index is 0.0302. The zero-order valence-corrected chi connectivity index (χ0v) is 19.7. The minimum atomic E-state index is -1.01. The Morgan fingerprint density at radius 2 is 1.91 bits per heavy atom. The van der Waals surface area contributed by atoms with E-state index in [1.165, 1.54) is 0 Å². The van der Waals surface area contributed by atoms with Crippen molar-refractivity contribution in [3.8, 4) is 0 Å². The number of likely N-dealkylation sites (tertiary alicyclic amines) is 1. The summed E-state index contributed by atoms with van der Waals surface area (Å²) >= 11 is 0. The van der Waals surface area contributed by atoms with Gasteiger partial charge in [0.2, 0.25) is 17.7 Å². The topological polar surface area (TPSA) is 108 Å². The fraction of sp³-hybridized carbons (Fsp3) is 0.640. The van der Waals surface area contributed by atoms with Gasteiger partial charge in [0.1, 0.15) is 11.6 Å². The second-order valence-corrected chi connectivity index (χ2v) is 9.84. The molecule has 8 heteroatoms. The molecule has 3 unspecified atom stereocenters. The summed E-state index contributed by atoms with van der Waals surface area (Å²) in [6.45, 7) is 4.79. The number of carbonyl (C=O) groups excluding carboxylic acids is 3. The van der Waals surface area contributed by atoms with Crippen LogP contribution in [0.1, 0.15) is 45.1 Å². The van der Waals surface area contributed by atoms with E-state index in [0.29, 0.717) is 32.4 Å². The highest BCUT2D eigenvalue weighted by molar-refractivity contribution is 5.99. The van der Waals surface area contributed by atoms with Crippen LogP contribution in [0.3, 0.4) is 0 Å². The van der Waals surface area contributed by atoms with Crippen molar-refractivity contribution in [1.82, 2.24) is 15.5 Å². The van der Waals surface area contributed by atoms with Gasteiger partial charge in [0.15, 0.2) is 0 Å². The largest absolute Gasteiger partial charge is 0.396 e. The first kappa shape index (κ1) is 23.7. The third kappa shape index (κ3) is 3.73. The third-order valence-corrected chi connectivity index (χ3v) is 7.96. The number of benzene rings is 1. The molecule has 1 aromatic rings. The summed E-state index contributed by atoms with van der Waals surface area (Å²) in [6.07, 6.45) is 2.64. The van der Waals surface area contributed by atoms with Crippen LogP contribution in [-0.4, -0.2) is 65.2 Å². The molecule has 2 bridgehead atoms. The van der Waals surface area contributed by atoms with Gasteiger partial charge in [-0.2, -0.15) is 0 Å². The minimum Gasteiger partial charge on any atom is -0.396 e. The van der Waals surface area contributed by atoms with E-state index in [9.17, 15) is 14.4 Å².